The van der Waals surface area contributed by atoms with E-state index in [0.29, 0.717) is 31.7 Å². The number of hydrogen-bond acceptors (Lipinski definition) is 5. The maximum Gasteiger partial charge on any atom is 0.244 e. The van der Waals surface area contributed by atoms with Crippen molar-refractivity contribution in [2.45, 2.75) is 31.3 Å². The molecular weight excluding hydrogens is 294 g/mol. The van der Waals surface area contributed by atoms with Crippen molar-refractivity contribution in [1.82, 2.24) is 4.72 Å². The predicted molar refractivity (Wildman–Crippen MR) is 79.8 cm³/mol. The smallest absolute Gasteiger partial charge is 0.244 e. The Morgan fingerprint density at radius 1 is 1.29 bits per heavy atom. The lowest BCUT2D eigenvalue weighted by Crippen LogP contribution is -2.26. The van der Waals surface area contributed by atoms with Gasteiger partial charge in [-0.05, 0) is 30.5 Å². The Morgan fingerprint density at radius 3 is 2.67 bits per heavy atom. The molecule has 0 radical (unpaired) electrons. The van der Waals surface area contributed by atoms with Crippen molar-refractivity contribution in [3.63, 3.8) is 0 Å². The summed E-state index contributed by atoms with van der Waals surface area (Å²) in [4.78, 5) is 0.0664. The Bertz CT molecular complexity index is 530. The lowest BCUT2D eigenvalue weighted by atomic mass is 10.2. The molecule has 0 unspecified atom stereocenters. The Morgan fingerprint density at radius 2 is 2.05 bits per heavy atom. The van der Waals surface area contributed by atoms with Gasteiger partial charge in [-0.1, -0.05) is 13.0 Å². The molecule has 0 amide bonds. The van der Waals surface area contributed by atoms with Gasteiger partial charge in [0.25, 0.3) is 0 Å². The largest absolute Gasteiger partial charge is 0.495 e. The van der Waals surface area contributed by atoms with E-state index >= 15 is 0 Å². The summed E-state index contributed by atoms with van der Waals surface area (Å²) < 4.78 is 37.3. The molecule has 2 N–H and O–H groups in total. The van der Waals surface area contributed by atoms with Crippen LogP contribution < -0.4 is 9.46 Å². The van der Waals surface area contributed by atoms with Crippen LogP contribution in [0.3, 0.4) is 0 Å². The predicted octanol–water partition coefficient (Wildman–Crippen LogP) is 1.28. The molecule has 1 aromatic carbocycles. The molecule has 0 aliphatic carbocycles. The summed E-state index contributed by atoms with van der Waals surface area (Å²) in [6.07, 6.45) is 1.55. The van der Waals surface area contributed by atoms with Gasteiger partial charge >= 0.3 is 0 Å². The molecular formula is C14H23NO5S. The minimum atomic E-state index is -3.63. The van der Waals surface area contributed by atoms with Crippen molar-refractivity contribution in [2.75, 3.05) is 26.9 Å². The lowest BCUT2D eigenvalue weighted by Gasteiger charge is -2.11. The first kappa shape index (κ1) is 17.9. The molecule has 0 saturated carbocycles. The average molecular weight is 317 g/mol. The van der Waals surface area contributed by atoms with E-state index in [4.69, 9.17) is 14.6 Å². The summed E-state index contributed by atoms with van der Waals surface area (Å²) in [7, 11) is -2.24. The molecule has 0 heterocycles. The zero-order chi connectivity index (χ0) is 15.7. The lowest BCUT2D eigenvalue weighted by molar-refractivity contribution is 0.133. The van der Waals surface area contributed by atoms with Crippen molar-refractivity contribution < 1.29 is 23.0 Å². The van der Waals surface area contributed by atoms with Gasteiger partial charge in [0.1, 0.15) is 10.6 Å². The monoisotopic (exact) mass is 317 g/mol. The van der Waals surface area contributed by atoms with Crippen LogP contribution in [0, 0.1) is 0 Å². The van der Waals surface area contributed by atoms with Crippen molar-refractivity contribution in [2.24, 2.45) is 0 Å². The molecule has 0 aromatic heterocycles. The number of ether oxygens (including phenoxy) is 2. The first-order chi connectivity index (χ1) is 10.0. The van der Waals surface area contributed by atoms with Gasteiger partial charge in [0.05, 0.1) is 13.7 Å². The van der Waals surface area contributed by atoms with Gasteiger partial charge in [0, 0.05) is 19.8 Å². The molecule has 0 aliphatic heterocycles. The molecule has 0 aliphatic rings. The molecule has 7 heteroatoms. The van der Waals surface area contributed by atoms with Crippen LogP contribution >= 0.6 is 0 Å². The molecule has 1 aromatic rings. The molecule has 1 rings (SSSR count). The number of aliphatic hydroxyl groups is 1. The molecule has 0 spiro atoms. The van der Waals surface area contributed by atoms with Gasteiger partial charge in [-0.3, -0.25) is 0 Å². The second-order valence-electron chi connectivity index (χ2n) is 4.51. The van der Waals surface area contributed by atoms with E-state index in [1.807, 2.05) is 6.92 Å². The van der Waals surface area contributed by atoms with Crippen molar-refractivity contribution >= 4 is 10.0 Å². The maximum atomic E-state index is 12.2. The van der Waals surface area contributed by atoms with Gasteiger partial charge in [-0.15, -0.1) is 0 Å². The van der Waals surface area contributed by atoms with Crippen LogP contribution in [0.4, 0.5) is 0 Å². The van der Waals surface area contributed by atoms with E-state index in [1.165, 1.54) is 19.2 Å². The van der Waals surface area contributed by atoms with Crippen molar-refractivity contribution in [1.29, 1.82) is 0 Å². The number of sulfonamides is 1. The second-order valence-corrected chi connectivity index (χ2v) is 6.24. The average Bonchev–Trinajstić information content (AvgIpc) is 2.50. The topological polar surface area (TPSA) is 84.9 Å². The third kappa shape index (κ3) is 5.62. The van der Waals surface area contributed by atoms with Crippen LogP contribution in [0.1, 0.15) is 25.3 Å². The van der Waals surface area contributed by atoms with Crippen molar-refractivity contribution in [3.8, 4) is 5.75 Å². The third-order valence-electron chi connectivity index (χ3n) is 2.81. The van der Waals surface area contributed by atoms with E-state index in [0.717, 1.165) is 6.42 Å². The minimum absolute atomic E-state index is 0.0664. The van der Waals surface area contributed by atoms with E-state index in [-0.39, 0.29) is 17.3 Å². The number of hydrogen-bond donors (Lipinski definition) is 2. The standard InChI is InChI=1S/C14H23NO5S/c1-3-8-20-9-4-7-15-21(17,18)14-6-5-12(11-16)10-13(14)19-2/h5-6,10,15-16H,3-4,7-9,11H2,1-2H3. The molecule has 120 valence electrons. The highest BCUT2D eigenvalue weighted by molar-refractivity contribution is 7.89. The number of rotatable bonds is 10. The van der Waals surface area contributed by atoms with Gasteiger partial charge in [0.2, 0.25) is 10.0 Å². The zero-order valence-corrected chi connectivity index (χ0v) is 13.3. The normalized spacial score (nSPS) is 11.6. The first-order valence-corrected chi connectivity index (χ1v) is 8.38. The fourth-order valence-corrected chi connectivity index (χ4v) is 2.96. The zero-order valence-electron chi connectivity index (χ0n) is 12.5. The third-order valence-corrected chi connectivity index (χ3v) is 4.31. The number of methoxy groups -OCH3 is 1. The van der Waals surface area contributed by atoms with E-state index < -0.39 is 10.0 Å². The van der Waals surface area contributed by atoms with E-state index in [9.17, 15) is 8.42 Å². The number of benzene rings is 1. The Hall–Kier alpha value is -1.15. The first-order valence-electron chi connectivity index (χ1n) is 6.90. The highest BCUT2D eigenvalue weighted by atomic mass is 32.2. The van der Waals surface area contributed by atoms with Crippen molar-refractivity contribution in [3.05, 3.63) is 23.8 Å². The highest BCUT2D eigenvalue weighted by Crippen LogP contribution is 2.24. The van der Waals surface area contributed by atoms with Crippen LogP contribution in [0.2, 0.25) is 0 Å². The second kappa shape index (κ2) is 8.99. The molecule has 0 fully saturated rings. The quantitative estimate of drug-likeness (QED) is 0.635. The van der Waals surface area contributed by atoms with Crippen LogP contribution in [0.5, 0.6) is 5.75 Å². The summed E-state index contributed by atoms with van der Waals surface area (Å²) in [5, 5.41) is 9.06. The maximum absolute atomic E-state index is 12.2. The van der Waals surface area contributed by atoms with Crippen LogP contribution in [0.25, 0.3) is 0 Å². The van der Waals surface area contributed by atoms with Crippen LogP contribution in [-0.2, 0) is 21.4 Å². The summed E-state index contributed by atoms with van der Waals surface area (Å²) in [6.45, 7) is 3.36. The minimum Gasteiger partial charge on any atom is -0.495 e. The van der Waals surface area contributed by atoms with E-state index in [2.05, 4.69) is 4.72 Å². The number of nitrogens with one attached hydrogen (secondary N) is 1. The SMILES string of the molecule is CCCOCCCNS(=O)(=O)c1ccc(CO)cc1OC. The molecule has 0 saturated heterocycles. The van der Waals surface area contributed by atoms with Gasteiger partial charge in [0.15, 0.2) is 0 Å². The van der Waals surface area contributed by atoms with Crippen LogP contribution in [-0.4, -0.2) is 40.4 Å². The molecule has 21 heavy (non-hydrogen) atoms. The summed E-state index contributed by atoms with van der Waals surface area (Å²) >= 11 is 0. The number of aliphatic hydroxyl groups excluding tert-OH is 1. The fraction of sp³-hybridized carbons (Fsp3) is 0.571. The Balaban J connectivity index is 2.65. The molecule has 0 atom stereocenters. The highest BCUT2D eigenvalue weighted by Gasteiger charge is 2.19. The summed E-state index contributed by atoms with van der Waals surface area (Å²) in [6, 6.07) is 4.50. The van der Waals surface area contributed by atoms with Gasteiger partial charge < -0.3 is 14.6 Å². The summed E-state index contributed by atoms with van der Waals surface area (Å²) in [5.41, 5.74) is 0.596. The molecule has 6 nitrogen and oxygen atoms in total. The summed E-state index contributed by atoms with van der Waals surface area (Å²) in [5.74, 6) is 0.219. The fourth-order valence-electron chi connectivity index (χ4n) is 1.74. The van der Waals surface area contributed by atoms with Gasteiger partial charge in [-0.25, -0.2) is 13.1 Å². The van der Waals surface area contributed by atoms with Crippen LogP contribution in [0.15, 0.2) is 23.1 Å². The van der Waals surface area contributed by atoms with Gasteiger partial charge in [-0.2, -0.15) is 0 Å². The Labute approximate surface area is 126 Å². The molecule has 0 bridgehead atoms. The Kier molecular flexibility index (Phi) is 7.66. The van der Waals surface area contributed by atoms with E-state index in [1.54, 1.807) is 6.07 Å².